The van der Waals surface area contributed by atoms with Gasteiger partial charge >= 0.3 is 0 Å². The van der Waals surface area contributed by atoms with E-state index in [4.69, 9.17) is 0 Å². The van der Waals surface area contributed by atoms with Crippen LogP contribution in [-0.2, 0) is 11.3 Å². The molecule has 2 atom stereocenters. The molecule has 19 heavy (non-hydrogen) atoms. The van der Waals surface area contributed by atoms with Gasteiger partial charge in [-0.15, -0.1) is 0 Å². The summed E-state index contributed by atoms with van der Waals surface area (Å²) in [5.41, 5.74) is 1.39. The predicted octanol–water partition coefficient (Wildman–Crippen LogP) is 0.696. The average Bonchev–Trinajstić information content (AvgIpc) is 2.42. The van der Waals surface area contributed by atoms with Crippen LogP contribution in [0, 0.1) is 5.82 Å². The molecule has 0 bridgehead atoms. The zero-order valence-electron chi connectivity index (χ0n) is 10.8. The van der Waals surface area contributed by atoms with E-state index in [2.05, 4.69) is 5.32 Å². The molecule has 1 aromatic rings. The Bertz CT molecular complexity index is 483. The number of nitrogens with zero attached hydrogens (tertiary/aromatic N) is 1. The summed E-state index contributed by atoms with van der Waals surface area (Å²) in [4.78, 5) is 12.9. The van der Waals surface area contributed by atoms with Gasteiger partial charge in [0.15, 0.2) is 0 Å². The van der Waals surface area contributed by atoms with Crippen LogP contribution in [0.2, 0.25) is 0 Å². The van der Waals surface area contributed by atoms with Crippen LogP contribution in [0.15, 0.2) is 30.0 Å². The predicted molar refractivity (Wildman–Crippen MR) is 69.5 cm³/mol. The summed E-state index contributed by atoms with van der Waals surface area (Å²) >= 11 is 0. The summed E-state index contributed by atoms with van der Waals surface area (Å²) in [5.74, 6) is 1.66. The minimum absolute atomic E-state index is 0.0495. The van der Waals surface area contributed by atoms with Gasteiger partial charge in [-0.25, -0.2) is 9.18 Å². The van der Waals surface area contributed by atoms with Gasteiger partial charge in [-0.1, -0.05) is 12.1 Å². The molecule has 2 unspecified atom stereocenters. The molecule has 0 aliphatic carbocycles. The largest absolute Gasteiger partial charge is 0.394 e. The van der Waals surface area contributed by atoms with E-state index in [1.165, 1.54) is 12.1 Å². The van der Waals surface area contributed by atoms with Crippen LogP contribution >= 0.6 is 0 Å². The Labute approximate surface area is 111 Å². The summed E-state index contributed by atoms with van der Waals surface area (Å²) in [6, 6.07) is 5.87. The number of benzene rings is 1. The van der Waals surface area contributed by atoms with E-state index < -0.39 is 0 Å². The molecule has 1 fully saturated rings. The summed E-state index contributed by atoms with van der Waals surface area (Å²) in [6.07, 6.45) is 0. The molecule has 1 aromatic carbocycles. The molecule has 2 N–H and O–H groups in total. The average molecular weight is 264 g/mol. The Morgan fingerprint density at radius 3 is 2.74 bits per heavy atom. The van der Waals surface area contributed by atoms with Gasteiger partial charge in [-0.2, -0.15) is 0 Å². The summed E-state index contributed by atoms with van der Waals surface area (Å²) < 4.78 is 12.9. The molecule has 0 radical (unpaired) electrons. The van der Waals surface area contributed by atoms with Gasteiger partial charge in [0, 0.05) is 13.1 Å². The fourth-order valence-corrected chi connectivity index (χ4v) is 2.28. The minimum Gasteiger partial charge on any atom is -0.394 e. The lowest BCUT2D eigenvalue weighted by molar-refractivity contribution is 0.116. The second-order valence-corrected chi connectivity index (χ2v) is 4.71. The van der Waals surface area contributed by atoms with Crippen molar-refractivity contribution >= 4 is 5.94 Å². The second kappa shape index (κ2) is 5.97. The van der Waals surface area contributed by atoms with Crippen molar-refractivity contribution in [2.24, 2.45) is 0 Å². The van der Waals surface area contributed by atoms with E-state index in [1.54, 1.807) is 12.1 Å². The minimum atomic E-state index is -0.290. The molecular weight excluding hydrogens is 247 g/mol. The molecule has 2 rings (SSSR count). The number of aliphatic hydroxyl groups is 1. The molecule has 0 saturated carbocycles. The molecule has 5 heteroatoms. The quantitative estimate of drug-likeness (QED) is 0.789. The molecule has 4 nitrogen and oxygen atoms in total. The molecule has 0 aromatic heterocycles. The number of rotatable bonds is 3. The van der Waals surface area contributed by atoms with Gasteiger partial charge in [-0.05, 0) is 24.6 Å². The van der Waals surface area contributed by atoms with Crippen molar-refractivity contribution in [1.29, 1.82) is 0 Å². The molecule has 1 heterocycles. The van der Waals surface area contributed by atoms with Gasteiger partial charge in [0.2, 0.25) is 0 Å². The van der Waals surface area contributed by atoms with E-state index >= 15 is 0 Å². The third-order valence-corrected chi connectivity index (χ3v) is 3.40. The Hall–Kier alpha value is -1.68. The van der Waals surface area contributed by atoms with Crippen molar-refractivity contribution in [1.82, 2.24) is 10.2 Å². The first kappa shape index (κ1) is 13.7. The normalized spacial score (nSPS) is 23.3. The van der Waals surface area contributed by atoms with Crippen LogP contribution in [0.3, 0.4) is 0 Å². The summed E-state index contributed by atoms with van der Waals surface area (Å²) in [6.45, 7) is 2.89. The third-order valence-electron chi connectivity index (χ3n) is 3.40. The first-order valence-electron chi connectivity index (χ1n) is 6.26. The van der Waals surface area contributed by atoms with Crippen molar-refractivity contribution in [2.45, 2.75) is 25.6 Å². The van der Waals surface area contributed by atoms with Gasteiger partial charge in [0.25, 0.3) is 0 Å². The Balaban J connectivity index is 2.22. The maximum absolute atomic E-state index is 12.9. The van der Waals surface area contributed by atoms with Gasteiger partial charge in [0.1, 0.15) is 17.5 Å². The molecule has 102 valence electrons. The van der Waals surface area contributed by atoms with Crippen LogP contribution in [0.25, 0.3) is 0 Å². The Morgan fingerprint density at radius 1 is 1.47 bits per heavy atom. The molecule has 1 aliphatic heterocycles. The molecule has 1 saturated heterocycles. The van der Waals surface area contributed by atoms with E-state index in [1.807, 2.05) is 17.8 Å². The lowest BCUT2D eigenvalue weighted by Gasteiger charge is -2.40. The Kier molecular flexibility index (Phi) is 4.32. The first-order valence-corrected chi connectivity index (χ1v) is 6.26. The maximum atomic E-state index is 12.9. The number of hydrogen-bond acceptors (Lipinski definition) is 4. The van der Waals surface area contributed by atoms with Crippen LogP contribution in [0.1, 0.15) is 12.5 Å². The third kappa shape index (κ3) is 3.01. The van der Waals surface area contributed by atoms with Crippen molar-refractivity contribution in [3.63, 3.8) is 0 Å². The number of carbonyl (C=O) groups excluding carboxylic acids is 1. The molecule has 0 spiro atoms. The number of aliphatic hydroxyl groups excluding tert-OH is 1. The highest BCUT2D eigenvalue weighted by molar-refractivity contribution is 5.54. The van der Waals surface area contributed by atoms with Gasteiger partial charge in [-0.3, -0.25) is 0 Å². The zero-order chi connectivity index (χ0) is 13.8. The van der Waals surface area contributed by atoms with E-state index in [-0.39, 0.29) is 24.5 Å². The van der Waals surface area contributed by atoms with Gasteiger partial charge in [0.05, 0.1) is 18.7 Å². The topological polar surface area (TPSA) is 52.6 Å². The lowest BCUT2D eigenvalue weighted by atomic mass is 10.1. The SMILES string of the molecule is CC1NCC(CO)N(Cc2ccc(F)cc2)C1=C=O. The van der Waals surface area contributed by atoms with Crippen LogP contribution in [-0.4, -0.2) is 41.2 Å². The van der Waals surface area contributed by atoms with E-state index in [0.717, 1.165) is 5.56 Å². The second-order valence-electron chi connectivity index (χ2n) is 4.71. The first-order chi connectivity index (χ1) is 9.15. The van der Waals surface area contributed by atoms with Crippen molar-refractivity contribution in [3.8, 4) is 0 Å². The smallest absolute Gasteiger partial charge is 0.147 e. The van der Waals surface area contributed by atoms with Crippen molar-refractivity contribution < 1.29 is 14.3 Å². The number of halogens is 1. The monoisotopic (exact) mass is 264 g/mol. The fraction of sp³-hybridized carbons (Fsp3) is 0.429. The van der Waals surface area contributed by atoms with E-state index in [9.17, 15) is 14.3 Å². The van der Waals surface area contributed by atoms with Crippen LogP contribution in [0.4, 0.5) is 4.39 Å². The highest BCUT2D eigenvalue weighted by Crippen LogP contribution is 2.19. The van der Waals surface area contributed by atoms with Crippen LogP contribution in [0.5, 0.6) is 0 Å². The Morgan fingerprint density at radius 2 is 2.16 bits per heavy atom. The van der Waals surface area contributed by atoms with Crippen molar-refractivity contribution in [3.05, 3.63) is 41.3 Å². The zero-order valence-corrected chi connectivity index (χ0v) is 10.8. The molecule has 0 amide bonds. The summed E-state index contributed by atoms with van der Waals surface area (Å²) in [5, 5.41) is 12.5. The maximum Gasteiger partial charge on any atom is 0.147 e. The standard InChI is InChI=1S/C14H17FN2O2/c1-10-14(9-19)17(13(8-18)6-16-10)7-11-2-4-12(15)5-3-11/h2-5,10,13,16,18H,6-8H2,1H3. The number of piperazine rings is 1. The molecule has 1 aliphatic rings. The lowest BCUT2D eigenvalue weighted by Crippen LogP contribution is -2.55. The fourth-order valence-electron chi connectivity index (χ4n) is 2.28. The highest BCUT2D eigenvalue weighted by atomic mass is 19.1. The van der Waals surface area contributed by atoms with Crippen molar-refractivity contribution in [2.75, 3.05) is 13.2 Å². The summed E-state index contributed by atoms with van der Waals surface area (Å²) in [7, 11) is 0. The number of hydrogen-bond donors (Lipinski definition) is 2. The van der Waals surface area contributed by atoms with E-state index in [0.29, 0.717) is 18.8 Å². The highest BCUT2D eigenvalue weighted by Gasteiger charge is 2.30. The number of nitrogens with one attached hydrogen (secondary N) is 1. The van der Waals surface area contributed by atoms with Crippen LogP contribution < -0.4 is 5.32 Å². The van der Waals surface area contributed by atoms with Gasteiger partial charge < -0.3 is 15.3 Å². The molecular formula is C14H17FN2O2.